The van der Waals surface area contributed by atoms with Crippen LogP contribution in [0.4, 0.5) is 5.82 Å². The number of fused-ring (bicyclic) bond motifs is 1. The van der Waals surface area contributed by atoms with E-state index in [-0.39, 0.29) is 11.7 Å². The molecule has 0 bridgehead atoms. The van der Waals surface area contributed by atoms with E-state index >= 15 is 0 Å². The molecule has 1 aliphatic heterocycles. The van der Waals surface area contributed by atoms with Gasteiger partial charge in [0.15, 0.2) is 17.7 Å². The molecule has 1 fully saturated rings. The van der Waals surface area contributed by atoms with Crippen LogP contribution in [0, 0.1) is 5.92 Å². The number of nitrogens with zero attached hydrogens (tertiary/aromatic N) is 4. The maximum absolute atomic E-state index is 11.2. The van der Waals surface area contributed by atoms with Gasteiger partial charge in [-0.25, -0.2) is 15.0 Å². The summed E-state index contributed by atoms with van der Waals surface area (Å²) >= 11 is 0. The van der Waals surface area contributed by atoms with Crippen molar-refractivity contribution in [2.75, 3.05) is 5.73 Å². The Balaban J connectivity index is 1.44. The van der Waals surface area contributed by atoms with Crippen LogP contribution in [-0.4, -0.2) is 65.2 Å². The van der Waals surface area contributed by atoms with E-state index in [9.17, 15) is 20.1 Å². The van der Waals surface area contributed by atoms with Crippen molar-refractivity contribution in [1.29, 1.82) is 0 Å². The third kappa shape index (κ3) is 5.76. The van der Waals surface area contributed by atoms with E-state index in [1.165, 1.54) is 18.2 Å². The van der Waals surface area contributed by atoms with Gasteiger partial charge in [-0.2, -0.15) is 0 Å². The van der Waals surface area contributed by atoms with E-state index in [4.69, 9.17) is 16.2 Å². The van der Waals surface area contributed by atoms with E-state index < -0.39 is 36.6 Å². The van der Waals surface area contributed by atoms with Gasteiger partial charge in [-0.3, -0.25) is 9.36 Å². The first-order chi connectivity index (χ1) is 16.8. The minimum Gasteiger partial charge on any atom is -0.480 e. The van der Waals surface area contributed by atoms with Crippen LogP contribution in [0.25, 0.3) is 11.2 Å². The van der Waals surface area contributed by atoms with Gasteiger partial charge < -0.3 is 31.5 Å². The first-order valence-corrected chi connectivity index (χ1v) is 11.8. The van der Waals surface area contributed by atoms with E-state index in [1.54, 1.807) is 4.57 Å². The number of aliphatic carboxylic acids is 1. The monoisotopic (exact) mass is 484 g/mol. The van der Waals surface area contributed by atoms with Crippen molar-refractivity contribution in [2.45, 2.75) is 69.1 Å². The molecule has 0 radical (unpaired) electrons. The molecule has 35 heavy (non-hydrogen) atoms. The fourth-order valence-corrected chi connectivity index (χ4v) is 4.70. The number of nitrogen functional groups attached to an aromatic ring is 1. The van der Waals surface area contributed by atoms with Crippen molar-refractivity contribution in [2.24, 2.45) is 11.7 Å². The second kappa shape index (κ2) is 11.1. The number of aliphatic hydroxyl groups excluding tert-OH is 2. The Morgan fingerprint density at radius 1 is 1.09 bits per heavy atom. The third-order valence-electron chi connectivity index (χ3n) is 6.69. The lowest BCUT2D eigenvalue weighted by molar-refractivity contribution is -0.138. The Morgan fingerprint density at radius 3 is 2.60 bits per heavy atom. The van der Waals surface area contributed by atoms with E-state index in [0.29, 0.717) is 30.4 Å². The van der Waals surface area contributed by atoms with E-state index in [1.807, 2.05) is 18.2 Å². The van der Waals surface area contributed by atoms with Gasteiger partial charge >= 0.3 is 5.97 Å². The number of nitrogens with two attached hydrogens (primary N) is 2. The Labute approximate surface area is 202 Å². The first kappa shape index (κ1) is 25.0. The molecule has 1 aliphatic rings. The number of aromatic nitrogens is 4. The molecule has 1 saturated heterocycles. The van der Waals surface area contributed by atoms with Crippen LogP contribution in [0.1, 0.15) is 43.9 Å². The summed E-state index contributed by atoms with van der Waals surface area (Å²) in [4.78, 5) is 23.5. The summed E-state index contributed by atoms with van der Waals surface area (Å²) in [7, 11) is 0. The molecule has 4 rings (SSSR count). The normalized spacial score (nSPS) is 24.0. The average Bonchev–Trinajstić information content (AvgIpc) is 3.40. The zero-order valence-corrected chi connectivity index (χ0v) is 19.3. The second-order valence-electron chi connectivity index (χ2n) is 9.13. The Morgan fingerprint density at radius 2 is 1.86 bits per heavy atom. The SMILES string of the molecule is Nc1ncnc2c1ncn2[C@@H]1O[C@H](C[C@@H](CCCc2ccccc2)CC[C@H](N)C(=O)O)[C@H](O)C1O. The van der Waals surface area contributed by atoms with Crippen molar-refractivity contribution >= 4 is 23.0 Å². The third-order valence-corrected chi connectivity index (χ3v) is 6.69. The van der Waals surface area contributed by atoms with Crippen molar-refractivity contribution < 1.29 is 24.9 Å². The molecule has 7 N–H and O–H groups in total. The average molecular weight is 485 g/mol. The number of carbonyl (C=O) groups is 1. The highest BCUT2D eigenvalue weighted by Gasteiger charge is 2.44. The zero-order valence-electron chi connectivity index (χ0n) is 19.3. The van der Waals surface area contributed by atoms with E-state index in [2.05, 4.69) is 27.1 Å². The van der Waals surface area contributed by atoms with Crippen LogP contribution in [0.3, 0.4) is 0 Å². The number of imidazole rings is 1. The van der Waals surface area contributed by atoms with Gasteiger partial charge in [-0.05, 0) is 43.6 Å². The molecule has 3 aromatic rings. The molecule has 0 amide bonds. The summed E-state index contributed by atoms with van der Waals surface area (Å²) in [5, 5.41) is 30.7. The minimum absolute atomic E-state index is 0.0622. The van der Waals surface area contributed by atoms with Gasteiger partial charge in [0.2, 0.25) is 0 Å². The van der Waals surface area contributed by atoms with Crippen LogP contribution in [0.5, 0.6) is 0 Å². The molecule has 0 aliphatic carbocycles. The zero-order chi connectivity index (χ0) is 24.9. The first-order valence-electron chi connectivity index (χ1n) is 11.8. The Hall–Kier alpha value is -3.12. The summed E-state index contributed by atoms with van der Waals surface area (Å²) < 4.78 is 7.65. The van der Waals surface area contributed by atoms with E-state index in [0.717, 1.165) is 19.3 Å². The van der Waals surface area contributed by atoms with Gasteiger partial charge in [0, 0.05) is 0 Å². The minimum atomic E-state index is -1.19. The number of carboxylic acids is 1. The molecule has 1 aromatic carbocycles. The second-order valence-corrected chi connectivity index (χ2v) is 9.13. The standard InChI is InChI=1S/C24H32N6O5/c25-16(24(33)34)10-9-15(8-4-7-14-5-2-1-3-6-14)11-17-19(31)20(32)23(35-17)30-13-29-18-21(26)27-12-28-22(18)30/h1-3,5-6,12-13,15-17,19-20,23,31-32H,4,7-11,25H2,(H,33,34)(H2,26,27,28)/t15-,16-,17+,19-,20?,23+/m0/s1. The van der Waals surface area contributed by atoms with Crippen molar-refractivity contribution in [1.82, 2.24) is 19.5 Å². The summed E-state index contributed by atoms with van der Waals surface area (Å²) in [5.41, 5.74) is 13.6. The summed E-state index contributed by atoms with van der Waals surface area (Å²) in [6, 6.07) is 9.19. The number of hydrogen-bond acceptors (Lipinski definition) is 9. The van der Waals surface area contributed by atoms with Crippen LogP contribution >= 0.6 is 0 Å². The Bertz CT molecular complexity index is 1130. The largest absolute Gasteiger partial charge is 0.480 e. The van der Waals surface area contributed by atoms with Gasteiger partial charge in [0.25, 0.3) is 0 Å². The highest BCUT2D eigenvalue weighted by molar-refractivity contribution is 5.81. The lowest BCUT2D eigenvalue weighted by Crippen LogP contribution is -2.33. The van der Waals surface area contributed by atoms with Gasteiger partial charge in [0.05, 0.1) is 12.4 Å². The van der Waals surface area contributed by atoms with Crippen molar-refractivity contribution in [3.05, 3.63) is 48.5 Å². The molecule has 11 nitrogen and oxygen atoms in total. The highest BCUT2D eigenvalue weighted by Crippen LogP contribution is 2.36. The molecular formula is C24H32N6O5. The molecular weight excluding hydrogens is 452 g/mol. The summed E-state index contributed by atoms with van der Waals surface area (Å²) in [5.74, 6) is -0.757. The molecule has 11 heteroatoms. The fraction of sp³-hybridized carbons (Fsp3) is 0.500. The van der Waals surface area contributed by atoms with Crippen molar-refractivity contribution in [3.8, 4) is 0 Å². The molecule has 6 atom stereocenters. The number of aryl methyl sites for hydroxylation is 1. The van der Waals surface area contributed by atoms with Gasteiger partial charge in [0.1, 0.15) is 30.1 Å². The predicted molar refractivity (Wildman–Crippen MR) is 128 cm³/mol. The number of hydrogen-bond donors (Lipinski definition) is 5. The summed E-state index contributed by atoms with van der Waals surface area (Å²) in [6.45, 7) is 0. The number of anilines is 1. The number of rotatable bonds is 11. The quantitative estimate of drug-likeness (QED) is 0.265. The summed E-state index contributed by atoms with van der Waals surface area (Å²) in [6.07, 6.45) is 2.87. The van der Waals surface area contributed by atoms with Gasteiger partial charge in [-0.1, -0.05) is 36.8 Å². The molecule has 188 valence electrons. The van der Waals surface area contributed by atoms with Crippen LogP contribution in [0.15, 0.2) is 43.0 Å². The van der Waals surface area contributed by atoms with Crippen molar-refractivity contribution in [3.63, 3.8) is 0 Å². The Kier molecular flexibility index (Phi) is 7.91. The molecule has 2 aromatic heterocycles. The predicted octanol–water partition coefficient (Wildman–Crippen LogP) is 1.25. The fourth-order valence-electron chi connectivity index (χ4n) is 4.70. The molecule has 3 heterocycles. The number of benzene rings is 1. The number of ether oxygens (including phenoxy) is 1. The van der Waals surface area contributed by atoms with Crippen LogP contribution in [0.2, 0.25) is 0 Å². The maximum atomic E-state index is 11.2. The maximum Gasteiger partial charge on any atom is 0.320 e. The highest BCUT2D eigenvalue weighted by atomic mass is 16.6. The lowest BCUT2D eigenvalue weighted by Gasteiger charge is -2.23. The molecule has 0 saturated carbocycles. The lowest BCUT2D eigenvalue weighted by atomic mass is 9.87. The molecule has 0 spiro atoms. The van der Waals surface area contributed by atoms with Crippen LogP contribution < -0.4 is 11.5 Å². The smallest absolute Gasteiger partial charge is 0.320 e. The molecule has 1 unspecified atom stereocenters. The van der Waals surface area contributed by atoms with Gasteiger partial charge in [-0.15, -0.1) is 0 Å². The number of carboxylic acid groups (broad SMARTS) is 1. The van der Waals surface area contributed by atoms with Crippen LogP contribution in [-0.2, 0) is 16.0 Å². The number of aliphatic hydroxyl groups is 2. The topological polar surface area (TPSA) is 183 Å².